The molecule has 0 fully saturated rings. The molecule has 0 unspecified atom stereocenters. The summed E-state index contributed by atoms with van der Waals surface area (Å²) in [6, 6.07) is 17.3. The fourth-order valence-electron chi connectivity index (χ4n) is 3.07. The molecule has 7 heteroatoms. The normalized spacial score (nSPS) is 11.0. The number of hydrogen-bond acceptors (Lipinski definition) is 4. The Morgan fingerprint density at radius 2 is 1.70 bits per heavy atom. The Morgan fingerprint density at radius 1 is 1.00 bits per heavy atom. The summed E-state index contributed by atoms with van der Waals surface area (Å²) in [4.78, 5) is 27.7. The van der Waals surface area contributed by atoms with Crippen LogP contribution >= 0.6 is 0 Å². The fraction of sp³-hybridized carbons (Fsp3) is 0.0500. The fourth-order valence-corrected chi connectivity index (χ4v) is 3.07. The summed E-state index contributed by atoms with van der Waals surface area (Å²) < 4.78 is 3.41. The Balaban J connectivity index is 1.88. The average molecular weight is 361 g/mol. The zero-order chi connectivity index (χ0) is 19.0. The highest BCUT2D eigenvalue weighted by atomic mass is 16.4. The van der Waals surface area contributed by atoms with Crippen molar-refractivity contribution in [1.82, 2.24) is 14.1 Å². The number of aromatic nitrogens is 3. The van der Waals surface area contributed by atoms with E-state index in [1.807, 2.05) is 59.2 Å². The molecule has 4 rings (SSSR count). The largest absolute Gasteiger partial charge is 0.503 e. The van der Waals surface area contributed by atoms with Crippen LogP contribution in [0, 0.1) is 0 Å². The number of carboxylic acid groups (broad SMARTS) is 1. The first-order chi connectivity index (χ1) is 13.0. The number of pyridine rings is 1. The highest BCUT2D eigenvalue weighted by Crippen LogP contribution is 2.22. The molecule has 0 amide bonds. The smallest absolute Gasteiger partial charge is 0.341 e. The molecule has 4 aromatic rings. The van der Waals surface area contributed by atoms with Gasteiger partial charge >= 0.3 is 5.97 Å². The van der Waals surface area contributed by atoms with Gasteiger partial charge in [0.2, 0.25) is 5.43 Å². The molecule has 7 nitrogen and oxygen atoms in total. The van der Waals surface area contributed by atoms with Gasteiger partial charge in [-0.15, -0.1) is 0 Å². The number of fused-ring (bicyclic) bond motifs is 1. The standard InChI is InChI=1S/C20H15N3O4/c24-17-11-22(10-14(19(17)25)20(26)27)12-18-21-15-8-4-5-9-16(15)23(18)13-6-2-1-3-7-13/h1-11,24H,12H2,(H,26,27). The molecule has 2 N–H and O–H groups in total. The number of hydrogen-bond donors (Lipinski definition) is 2. The molecule has 2 heterocycles. The summed E-state index contributed by atoms with van der Waals surface area (Å²) in [5.41, 5.74) is 1.21. The van der Waals surface area contributed by atoms with Crippen molar-refractivity contribution in [1.29, 1.82) is 0 Å². The number of aromatic carboxylic acids is 1. The molecule has 0 aliphatic heterocycles. The molecule has 0 aliphatic rings. The second kappa shape index (κ2) is 6.45. The molecule has 0 saturated heterocycles. The maximum Gasteiger partial charge on any atom is 0.341 e. The van der Waals surface area contributed by atoms with Crippen LogP contribution < -0.4 is 5.43 Å². The summed E-state index contributed by atoms with van der Waals surface area (Å²) in [7, 11) is 0. The van der Waals surface area contributed by atoms with E-state index in [2.05, 4.69) is 4.98 Å². The third-order valence-corrected chi connectivity index (χ3v) is 4.26. The Bertz CT molecular complexity index is 1210. The molecular weight excluding hydrogens is 346 g/mol. The van der Waals surface area contributed by atoms with Gasteiger partial charge in [-0.2, -0.15) is 0 Å². The minimum absolute atomic E-state index is 0.178. The lowest BCUT2D eigenvalue weighted by Gasteiger charge is -2.12. The Morgan fingerprint density at radius 3 is 2.44 bits per heavy atom. The molecule has 2 aromatic carbocycles. The predicted molar refractivity (Wildman–Crippen MR) is 99.5 cm³/mol. The highest BCUT2D eigenvalue weighted by Gasteiger charge is 2.16. The van der Waals surface area contributed by atoms with Gasteiger partial charge < -0.3 is 14.8 Å². The van der Waals surface area contributed by atoms with Crippen LogP contribution in [-0.4, -0.2) is 30.3 Å². The van der Waals surface area contributed by atoms with Gasteiger partial charge in [0.05, 0.1) is 23.8 Å². The third kappa shape index (κ3) is 2.95. The van der Waals surface area contributed by atoms with Gasteiger partial charge in [-0.05, 0) is 24.3 Å². The van der Waals surface area contributed by atoms with Crippen molar-refractivity contribution >= 4 is 17.0 Å². The van der Waals surface area contributed by atoms with Crippen molar-refractivity contribution in [2.45, 2.75) is 6.54 Å². The Hall–Kier alpha value is -3.87. The van der Waals surface area contributed by atoms with Crippen LogP contribution in [0.5, 0.6) is 5.75 Å². The second-order valence-corrected chi connectivity index (χ2v) is 6.05. The summed E-state index contributed by atoms with van der Waals surface area (Å²) in [5, 5.41) is 19.0. The number of benzene rings is 2. The molecule has 0 saturated carbocycles. The van der Waals surface area contributed by atoms with Crippen LogP contribution in [0.3, 0.4) is 0 Å². The van der Waals surface area contributed by atoms with Gasteiger partial charge in [-0.1, -0.05) is 30.3 Å². The summed E-state index contributed by atoms with van der Waals surface area (Å²) in [5.74, 6) is -1.36. The minimum Gasteiger partial charge on any atom is -0.503 e. The zero-order valence-electron chi connectivity index (χ0n) is 14.1. The zero-order valence-corrected chi connectivity index (χ0v) is 14.1. The lowest BCUT2D eigenvalue weighted by atomic mass is 10.2. The van der Waals surface area contributed by atoms with Crippen molar-refractivity contribution in [2.75, 3.05) is 0 Å². The van der Waals surface area contributed by atoms with Crippen molar-refractivity contribution < 1.29 is 15.0 Å². The van der Waals surface area contributed by atoms with Gasteiger partial charge in [0.25, 0.3) is 0 Å². The van der Waals surface area contributed by atoms with Crippen LogP contribution in [0.15, 0.2) is 71.8 Å². The van der Waals surface area contributed by atoms with E-state index in [1.165, 1.54) is 17.0 Å². The number of carbonyl (C=O) groups is 1. The minimum atomic E-state index is -1.39. The average Bonchev–Trinajstić information content (AvgIpc) is 3.02. The summed E-state index contributed by atoms with van der Waals surface area (Å²) in [6.45, 7) is 0.178. The van der Waals surface area contributed by atoms with Crippen LogP contribution in [0.1, 0.15) is 16.2 Å². The highest BCUT2D eigenvalue weighted by molar-refractivity contribution is 5.87. The predicted octanol–water partition coefficient (Wildman–Crippen LogP) is 2.64. The van der Waals surface area contributed by atoms with Crippen LogP contribution in [0.25, 0.3) is 16.7 Å². The number of carboxylic acids is 1. The number of aromatic hydroxyl groups is 1. The van der Waals surface area contributed by atoms with Crippen LogP contribution in [0.4, 0.5) is 0 Å². The maximum atomic E-state index is 11.8. The van der Waals surface area contributed by atoms with Crippen LogP contribution in [-0.2, 0) is 6.54 Å². The molecule has 2 aromatic heterocycles. The Kier molecular flexibility index (Phi) is 3.97. The van der Waals surface area contributed by atoms with Crippen molar-refractivity contribution in [3.05, 3.63) is 88.6 Å². The van der Waals surface area contributed by atoms with Crippen molar-refractivity contribution in [2.24, 2.45) is 0 Å². The van der Waals surface area contributed by atoms with E-state index in [9.17, 15) is 19.8 Å². The van der Waals surface area contributed by atoms with E-state index in [4.69, 9.17) is 0 Å². The molecule has 0 bridgehead atoms. The molecule has 134 valence electrons. The van der Waals surface area contributed by atoms with Gasteiger partial charge in [0.15, 0.2) is 5.75 Å². The van der Waals surface area contributed by atoms with E-state index in [1.54, 1.807) is 0 Å². The SMILES string of the molecule is O=C(O)c1cn(Cc2nc3ccccc3n2-c2ccccc2)cc(O)c1=O. The van der Waals surface area contributed by atoms with E-state index >= 15 is 0 Å². The van der Waals surface area contributed by atoms with Gasteiger partial charge in [-0.3, -0.25) is 9.36 Å². The molecule has 0 spiro atoms. The lowest BCUT2D eigenvalue weighted by molar-refractivity contribution is 0.0694. The number of rotatable bonds is 4. The van der Waals surface area contributed by atoms with E-state index in [-0.39, 0.29) is 6.54 Å². The molecule has 0 aliphatic carbocycles. The molecule has 0 radical (unpaired) electrons. The quantitative estimate of drug-likeness (QED) is 0.582. The number of imidazole rings is 1. The van der Waals surface area contributed by atoms with E-state index in [0.29, 0.717) is 5.82 Å². The van der Waals surface area contributed by atoms with Gasteiger partial charge in [0, 0.05) is 11.9 Å². The van der Waals surface area contributed by atoms with E-state index in [0.717, 1.165) is 16.7 Å². The molecule has 27 heavy (non-hydrogen) atoms. The summed E-state index contributed by atoms with van der Waals surface area (Å²) in [6.07, 6.45) is 2.42. The third-order valence-electron chi connectivity index (χ3n) is 4.26. The maximum absolute atomic E-state index is 11.8. The number of nitrogens with zero attached hydrogens (tertiary/aromatic N) is 3. The topological polar surface area (TPSA) is 97.3 Å². The first-order valence-electron chi connectivity index (χ1n) is 8.23. The molecular formula is C20H15N3O4. The van der Waals surface area contributed by atoms with Crippen molar-refractivity contribution in [3.8, 4) is 11.4 Å². The molecule has 0 atom stereocenters. The summed E-state index contributed by atoms with van der Waals surface area (Å²) >= 11 is 0. The number of para-hydroxylation sites is 3. The Labute approximate surface area is 153 Å². The van der Waals surface area contributed by atoms with E-state index < -0.39 is 22.7 Å². The van der Waals surface area contributed by atoms with Crippen molar-refractivity contribution in [3.63, 3.8) is 0 Å². The first-order valence-corrected chi connectivity index (χ1v) is 8.23. The van der Waals surface area contributed by atoms with Gasteiger partial charge in [-0.25, -0.2) is 9.78 Å². The van der Waals surface area contributed by atoms with Gasteiger partial charge in [0.1, 0.15) is 11.4 Å². The second-order valence-electron chi connectivity index (χ2n) is 6.05. The van der Waals surface area contributed by atoms with Crippen LogP contribution in [0.2, 0.25) is 0 Å². The monoisotopic (exact) mass is 361 g/mol. The lowest BCUT2D eigenvalue weighted by Crippen LogP contribution is -2.18. The first kappa shape index (κ1) is 16.6.